The Morgan fingerprint density at radius 1 is 1.07 bits per heavy atom. The van der Waals surface area contributed by atoms with E-state index in [0.717, 1.165) is 30.3 Å². The molecule has 30 heavy (non-hydrogen) atoms. The number of benzene rings is 2. The topological polar surface area (TPSA) is 79.3 Å². The summed E-state index contributed by atoms with van der Waals surface area (Å²) < 4.78 is 27.4. The van der Waals surface area contributed by atoms with Crippen molar-refractivity contribution in [3.8, 4) is 0 Å². The fourth-order valence-corrected chi connectivity index (χ4v) is 4.78. The Hall–Kier alpha value is -3.26. The summed E-state index contributed by atoms with van der Waals surface area (Å²) in [6.45, 7) is 0.688. The van der Waals surface area contributed by atoms with Crippen LogP contribution in [0.5, 0.6) is 0 Å². The van der Waals surface area contributed by atoms with Gasteiger partial charge in [-0.15, -0.1) is 0 Å². The molecular formula is C22H23N5O2S. The maximum atomic E-state index is 11.4. The first-order valence-corrected chi connectivity index (χ1v) is 11.8. The molecule has 8 heteroatoms. The largest absolute Gasteiger partial charge is 0.299 e. The Bertz CT molecular complexity index is 1210. The Morgan fingerprint density at radius 2 is 1.83 bits per heavy atom. The Balaban J connectivity index is 1.33. The molecule has 2 N–H and O–H groups in total. The van der Waals surface area contributed by atoms with E-state index in [1.165, 1.54) is 16.8 Å². The number of nitrogens with zero attached hydrogens (tertiary/aromatic N) is 3. The summed E-state index contributed by atoms with van der Waals surface area (Å²) in [7, 11) is -3.28. The molecule has 1 aromatic heterocycles. The van der Waals surface area contributed by atoms with Gasteiger partial charge in [-0.1, -0.05) is 24.3 Å². The van der Waals surface area contributed by atoms with Gasteiger partial charge < -0.3 is 0 Å². The van der Waals surface area contributed by atoms with Crippen LogP contribution in [0.3, 0.4) is 0 Å². The van der Waals surface area contributed by atoms with Crippen molar-refractivity contribution in [3.05, 3.63) is 83.3 Å². The first-order valence-electron chi connectivity index (χ1n) is 9.90. The minimum atomic E-state index is -3.28. The zero-order chi connectivity index (χ0) is 20.7. The molecular weight excluding hydrogens is 398 g/mol. The van der Waals surface area contributed by atoms with Crippen LogP contribution in [0.25, 0.3) is 6.08 Å². The predicted octanol–water partition coefficient (Wildman–Crippen LogP) is 3.60. The van der Waals surface area contributed by atoms with E-state index in [-0.39, 0.29) is 6.04 Å². The zero-order valence-corrected chi connectivity index (χ0v) is 17.4. The van der Waals surface area contributed by atoms with Gasteiger partial charge in [-0.2, -0.15) is 5.10 Å². The monoisotopic (exact) mass is 421 g/mol. The number of fused-ring (bicyclic) bond motifs is 2. The van der Waals surface area contributed by atoms with Gasteiger partial charge in [0, 0.05) is 17.5 Å². The zero-order valence-electron chi connectivity index (χ0n) is 16.6. The van der Waals surface area contributed by atoms with E-state index >= 15 is 0 Å². The number of hydrazine groups is 1. The highest BCUT2D eigenvalue weighted by Crippen LogP contribution is 2.36. The lowest BCUT2D eigenvalue weighted by Gasteiger charge is -2.27. The van der Waals surface area contributed by atoms with E-state index in [0.29, 0.717) is 12.2 Å². The number of sulfonamides is 1. The van der Waals surface area contributed by atoms with Crippen LogP contribution in [-0.2, 0) is 23.0 Å². The van der Waals surface area contributed by atoms with Gasteiger partial charge in [-0.25, -0.2) is 8.42 Å². The SMILES string of the molecule is CS(=O)(=O)Nc1ccc(NN2C=Cc3cnn(C4CCc5ccccc54)c3C2)cc1. The van der Waals surface area contributed by atoms with Crippen LogP contribution in [-0.4, -0.2) is 29.5 Å². The van der Waals surface area contributed by atoms with Crippen molar-refractivity contribution < 1.29 is 8.42 Å². The molecule has 0 saturated heterocycles. The van der Waals surface area contributed by atoms with Crippen LogP contribution in [0.2, 0.25) is 0 Å². The van der Waals surface area contributed by atoms with Crippen LogP contribution in [0, 0.1) is 0 Å². The van der Waals surface area contributed by atoms with Crippen LogP contribution in [0.1, 0.15) is 34.8 Å². The molecule has 2 aromatic carbocycles. The second-order valence-corrected chi connectivity index (χ2v) is 9.50. The molecule has 1 unspecified atom stereocenters. The molecule has 0 bridgehead atoms. The van der Waals surface area contributed by atoms with E-state index < -0.39 is 10.0 Å². The molecule has 0 spiro atoms. The van der Waals surface area contributed by atoms with Crippen molar-refractivity contribution in [2.45, 2.75) is 25.4 Å². The maximum Gasteiger partial charge on any atom is 0.229 e. The number of rotatable bonds is 5. The summed E-state index contributed by atoms with van der Waals surface area (Å²) in [5.41, 5.74) is 9.89. The molecule has 1 atom stereocenters. The summed E-state index contributed by atoms with van der Waals surface area (Å²) >= 11 is 0. The molecule has 7 nitrogen and oxygen atoms in total. The van der Waals surface area contributed by atoms with Crippen LogP contribution < -0.4 is 10.1 Å². The maximum absolute atomic E-state index is 11.4. The highest BCUT2D eigenvalue weighted by Gasteiger charge is 2.28. The summed E-state index contributed by atoms with van der Waals surface area (Å²) in [6.07, 6.45) is 9.30. The number of anilines is 2. The van der Waals surface area contributed by atoms with Crippen molar-refractivity contribution in [2.75, 3.05) is 16.4 Å². The van der Waals surface area contributed by atoms with E-state index in [4.69, 9.17) is 5.10 Å². The average Bonchev–Trinajstić information content (AvgIpc) is 3.32. The number of hydrogen-bond donors (Lipinski definition) is 2. The molecule has 1 aliphatic carbocycles. The molecule has 0 saturated carbocycles. The normalized spacial score (nSPS) is 17.5. The third-order valence-electron chi connectivity index (χ3n) is 5.54. The smallest absolute Gasteiger partial charge is 0.229 e. The second kappa shape index (κ2) is 7.21. The minimum Gasteiger partial charge on any atom is -0.299 e. The van der Waals surface area contributed by atoms with E-state index in [2.05, 4.69) is 45.2 Å². The van der Waals surface area contributed by atoms with Crippen molar-refractivity contribution in [3.63, 3.8) is 0 Å². The van der Waals surface area contributed by atoms with Crippen molar-refractivity contribution in [1.82, 2.24) is 14.8 Å². The second-order valence-electron chi connectivity index (χ2n) is 7.75. The predicted molar refractivity (Wildman–Crippen MR) is 118 cm³/mol. The minimum absolute atomic E-state index is 0.277. The molecule has 0 radical (unpaired) electrons. The van der Waals surface area contributed by atoms with Gasteiger partial charge in [0.05, 0.1) is 36.4 Å². The van der Waals surface area contributed by atoms with Crippen LogP contribution in [0.15, 0.2) is 60.9 Å². The average molecular weight is 422 g/mol. The number of nitrogens with one attached hydrogen (secondary N) is 2. The lowest BCUT2D eigenvalue weighted by atomic mass is 10.1. The molecule has 2 aliphatic rings. The number of hydrogen-bond acceptors (Lipinski definition) is 5. The highest BCUT2D eigenvalue weighted by molar-refractivity contribution is 7.92. The molecule has 0 amide bonds. The van der Waals surface area contributed by atoms with Crippen molar-refractivity contribution in [1.29, 1.82) is 0 Å². The third kappa shape index (κ3) is 3.66. The van der Waals surface area contributed by atoms with E-state index in [9.17, 15) is 8.42 Å². The lowest BCUT2D eigenvalue weighted by molar-refractivity contribution is 0.399. The van der Waals surface area contributed by atoms with Crippen molar-refractivity contribution >= 4 is 27.5 Å². The Kier molecular flexibility index (Phi) is 4.51. The van der Waals surface area contributed by atoms with E-state index in [1.807, 2.05) is 29.5 Å². The molecule has 0 fully saturated rings. The molecule has 154 valence electrons. The van der Waals surface area contributed by atoms with Gasteiger partial charge in [-0.05, 0) is 54.3 Å². The fraction of sp³-hybridized carbons (Fsp3) is 0.227. The fourth-order valence-electron chi connectivity index (χ4n) is 4.21. The van der Waals surface area contributed by atoms with Gasteiger partial charge >= 0.3 is 0 Å². The van der Waals surface area contributed by atoms with Gasteiger partial charge in [0.1, 0.15) is 0 Å². The van der Waals surface area contributed by atoms with Gasteiger partial charge in [0.15, 0.2) is 0 Å². The standard InChI is InChI=1S/C22H23N5O2S/c1-30(28,29)25-19-9-7-18(8-10-19)24-26-13-12-17-14-23-27(22(17)15-26)21-11-6-16-4-2-3-5-20(16)21/h2-5,7-10,12-14,21,24-25H,6,11,15H2,1H3. The highest BCUT2D eigenvalue weighted by atomic mass is 32.2. The summed E-state index contributed by atoms with van der Waals surface area (Å²) in [4.78, 5) is 0. The summed E-state index contributed by atoms with van der Waals surface area (Å²) in [5.74, 6) is 0. The van der Waals surface area contributed by atoms with Gasteiger partial charge in [0.2, 0.25) is 10.0 Å². The summed E-state index contributed by atoms with van der Waals surface area (Å²) in [6, 6.07) is 16.1. The van der Waals surface area contributed by atoms with E-state index in [1.54, 1.807) is 12.1 Å². The summed E-state index contributed by atoms with van der Waals surface area (Å²) in [5, 5.41) is 6.73. The first-order chi connectivity index (χ1) is 14.5. The Morgan fingerprint density at radius 3 is 2.63 bits per heavy atom. The number of aromatic nitrogens is 2. The quantitative estimate of drug-likeness (QED) is 0.658. The lowest BCUT2D eigenvalue weighted by Crippen LogP contribution is -2.28. The van der Waals surface area contributed by atoms with Gasteiger partial charge in [-0.3, -0.25) is 19.8 Å². The first kappa shape index (κ1) is 18.7. The molecule has 5 rings (SSSR count). The molecule has 3 aromatic rings. The number of aryl methyl sites for hydroxylation is 1. The van der Waals surface area contributed by atoms with Crippen LogP contribution >= 0.6 is 0 Å². The molecule has 2 heterocycles. The van der Waals surface area contributed by atoms with Gasteiger partial charge in [0.25, 0.3) is 0 Å². The van der Waals surface area contributed by atoms with Crippen molar-refractivity contribution in [2.24, 2.45) is 0 Å². The molecule has 1 aliphatic heterocycles. The Labute approximate surface area is 176 Å². The van der Waals surface area contributed by atoms with Crippen LogP contribution in [0.4, 0.5) is 11.4 Å². The third-order valence-corrected chi connectivity index (χ3v) is 6.15.